The van der Waals surface area contributed by atoms with E-state index in [9.17, 15) is 0 Å². The van der Waals surface area contributed by atoms with Crippen LogP contribution in [0.25, 0.3) is 0 Å². The molecule has 1 aliphatic heterocycles. The van der Waals surface area contributed by atoms with E-state index in [1.165, 1.54) is 18.4 Å². The van der Waals surface area contributed by atoms with Crippen LogP contribution in [0.5, 0.6) is 0 Å². The first kappa shape index (κ1) is 15.9. The summed E-state index contributed by atoms with van der Waals surface area (Å²) < 4.78 is 0. The molecule has 3 heteroatoms. The summed E-state index contributed by atoms with van der Waals surface area (Å²) in [4.78, 5) is 3.99. The molecule has 0 aromatic heterocycles. The van der Waals surface area contributed by atoms with Crippen LogP contribution in [0.1, 0.15) is 40.5 Å². The van der Waals surface area contributed by atoms with Gasteiger partial charge in [0.1, 0.15) is 0 Å². The number of hydrazine groups is 1. The van der Waals surface area contributed by atoms with Gasteiger partial charge < -0.3 is 0 Å². The van der Waals surface area contributed by atoms with E-state index in [4.69, 9.17) is 0 Å². The molecule has 3 nitrogen and oxygen atoms in total. The number of allylic oxidation sites excluding steroid dienone is 3. The van der Waals surface area contributed by atoms with Gasteiger partial charge in [-0.15, -0.1) is 0 Å². The molecule has 2 aliphatic carbocycles. The van der Waals surface area contributed by atoms with Crippen molar-refractivity contribution < 1.29 is 0 Å². The normalized spacial score (nSPS) is 44.5. The Bertz CT molecular complexity index is 531. The van der Waals surface area contributed by atoms with Gasteiger partial charge in [-0.25, -0.2) is 5.01 Å². The molecule has 0 radical (unpaired) electrons. The lowest BCUT2D eigenvalue weighted by molar-refractivity contribution is 0.0874. The number of aliphatic imine (C=N–C) groups is 1. The largest absolute Gasteiger partial charge is 0.297 e. The van der Waals surface area contributed by atoms with Crippen molar-refractivity contribution in [1.82, 2.24) is 10.4 Å². The summed E-state index contributed by atoms with van der Waals surface area (Å²) >= 11 is 0. The predicted octanol–water partition coefficient (Wildman–Crippen LogP) is 3.45. The minimum absolute atomic E-state index is 0.427. The zero-order chi connectivity index (χ0) is 16.1. The fourth-order valence-electron chi connectivity index (χ4n) is 5.69. The Morgan fingerprint density at radius 3 is 2.68 bits per heavy atom. The Morgan fingerprint density at radius 2 is 2.00 bits per heavy atom. The highest BCUT2D eigenvalue weighted by atomic mass is 15.6. The van der Waals surface area contributed by atoms with Crippen LogP contribution in [-0.2, 0) is 0 Å². The maximum Gasteiger partial charge on any atom is 0.0496 e. The van der Waals surface area contributed by atoms with Crippen molar-refractivity contribution in [1.29, 1.82) is 0 Å². The number of nitrogens with one attached hydrogen (secondary N) is 1. The molecule has 2 bridgehead atoms. The first-order valence-electron chi connectivity index (χ1n) is 8.59. The third-order valence-electron chi connectivity index (χ3n) is 7.21. The van der Waals surface area contributed by atoms with Gasteiger partial charge in [-0.05, 0) is 42.6 Å². The number of hydrogen-bond donors (Lipinski definition) is 1. The molecule has 22 heavy (non-hydrogen) atoms. The van der Waals surface area contributed by atoms with Gasteiger partial charge in [0.2, 0.25) is 0 Å². The summed E-state index contributed by atoms with van der Waals surface area (Å²) in [6.45, 7) is 9.79. The third-order valence-corrected chi connectivity index (χ3v) is 7.21. The van der Waals surface area contributed by atoms with Crippen LogP contribution in [0.3, 0.4) is 0 Å². The van der Waals surface area contributed by atoms with Crippen molar-refractivity contribution in [2.24, 2.45) is 27.7 Å². The maximum atomic E-state index is 3.99. The van der Waals surface area contributed by atoms with Gasteiger partial charge in [0.25, 0.3) is 0 Å². The average molecular weight is 301 g/mol. The van der Waals surface area contributed by atoms with Crippen LogP contribution in [0.15, 0.2) is 28.8 Å². The Balaban J connectivity index is 1.89. The summed E-state index contributed by atoms with van der Waals surface area (Å²) in [5.41, 5.74) is 6.14. The van der Waals surface area contributed by atoms with Gasteiger partial charge in [-0.2, -0.15) is 0 Å². The molecular weight excluding hydrogens is 270 g/mol. The fraction of sp³-hybridized carbons (Fsp3) is 0.737. The van der Waals surface area contributed by atoms with Crippen LogP contribution >= 0.6 is 0 Å². The number of rotatable bonds is 3. The molecule has 3 fully saturated rings. The number of nitrogens with zero attached hydrogens (tertiary/aromatic N) is 2. The monoisotopic (exact) mass is 301 g/mol. The van der Waals surface area contributed by atoms with Crippen LogP contribution in [-0.4, -0.2) is 37.4 Å². The van der Waals surface area contributed by atoms with Crippen molar-refractivity contribution in [3.63, 3.8) is 0 Å². The van der Waals surface area contributed by atoms with E-state index in [1.807, 2.05) is 12.3 Å². The van der Waals surface area contributed by atoms with E-state index in [2.05, 4.69) is 62.3 Å². The highest BCUT2D eigenvalue weighted by Gasteiger charge is 2.69. The van der Waals surface area contributed by atoms with Crippen molar-refractivity contribution in [3.05, 3.63) is 23.8 Å². The van der Waals surface area contributed by atoms with Gasteiger partial charge in [0.15, 0.2) is 0 Å². The summed E-state index contributed by atoms with van der Waals surface area (Å²) in [7, 11) is 4.02. The second-order valence-corrected chi connectivity index (χ2v) is 8.23. The summed E-state index contributed by atoms with van der Waals surface area (Å²) in [6, 6.07) is 1.14. The first-order valence-corrected chi connectivity index (χ1v) is 8.59. The Hall–Kier alpha value is -0.930. The van der Waals surface area contributed by atoms with Gasteiger partial charge >= 0.3 is 0 Å². The Kier molecular flexibility index (Phi) is 3.85. The summed E-state index contributed by atoms with van der Waals surface area (Å²) in [6.07, 6.45) is 11.0. The van der Waals surface area contributed by atoms with Crippen LogP contribution in [0.4, 0.5) is 0 Å². The van der Waals surface area contributed by atoms with Crippen LogP contribution in [0, 0.1) is 22.7 Å². The summed E-state index contributed by atoms with van der Waals surface area (Å²) in [5, 5.41) is 2.37. The third kappa shape index (κ3) is 1.98. The number of hydrogen-bond acceptors (Lipinski definition) is 3. The first-order chi connectivity index (χ1) is 10.3. The highest BCUT2D eigenvalue weighted by Crippen LogP contribution is 2.70. The van der Waals surface area contributed by atoms with Crippen molar-refractivity contribution in [2.45, 2.75) is 52.6 Å². The molecule has 122 valence electrons. The molecule has 0 amide bonds. The molecule has 1 N–H and O–H groups in total. The smallest absolute Gasteiger partial charge is 0.0496 e. The predicted molar refractivity (Wildman–Crippen MR) is 93.9 cm³/mol. The van der Waals surface area contributed by atoms with E-state index in [0.29, 0.717) is 22.9 Å². The van der Waals surface area contributed by atoms with E-state index < -0.39 is 0 Å². The SMILES string of the molecule is CN=C/C=C\C=C(/C)C1C2C3CCC(C)(C2NN1C)C3(C)C. The molecule has 1 saturated heterocycles. The number of likely N-dealkylation sites (N-methyl/N-ethyl adjacent to an activating group) is 1. The van der Waals surface area contributed by atoms with Gasteiger partial charge in [-0.3, -0.25) is 10.4 Å². The zero-order valence-corrected chi connectivity index (χ0v) is 14.9. The van der Waals surface area contributed by atoms with Crippen molar-refractivity contribution >= 4 is 6.21 Å². The lowest BCUT2D eigenvalue weighted by Gasteiger charge is -2.39. The van der Waals surface area contributed by atoms with E-state index in [1.54, 1.807) is 7.05 Å². The molecule has 2 saturated carbocycles. The molecule has 3 rings (SSSR count). The molecule has 0 aromatic carbocycles. The molecule has 5 atom stereocenters. The lowest BCUT2D eigenvalue weighted by Crippen LogP contribution is -2.46. The number of fused-ring (bicyclic) bond motifs is 5. The second kappa shape index (κ2) is 5.31. The van der Waals surface area contributed by atoms with E-state index in [0.717, 1.165) is 11.8 Å². The van der Waals surface area contributed by atoms with Gasteiger partial charge in [-0.1, -0.05) is 38.5 Å². The Labute approximate surface area is 135 Å². The lowest BCUT2D eigenvalue weighted by atomic mass is 9.69. The quantitative estimate of drug-likeness (QED) is 0.638. The Morgan fingerprint density at radius 1 is 1.27 bits per heavy atom. The zero-order valence-electron chi connectivity index (χ0n) is 14.9. The topological polar surface area (TPSA) is 27.6 Å². The van der Waals surface area contributed by atoms with Crippen molar-refractivity contribution in [3.8, 4) is 0 Å². The average Bonchev–Trinajstić information content (AvgIpc) is 2.96. The van der Waals surface area contributed by atoms with E-state index in [-0.39, 0.29) is 0 Å². The maximum absolute atomic E-state index is 3.99. The minimum atomic E-state index is 0.427. The summed E-state index contributed by atoms with van der Waals surface area (Å²) in [5.74, 6) is 1.57. The molecule has 1 heterocycles. The van der Waals surface area contributed by atoms with E-state index >= 15 is 0 Å². The molecule has 0 spiro atoms. The standard InChI is InChI=1S/C19H31N3/c1-13(9-7-8-12-20-5)16-15-14-10-11-19(4,18(14,2)3)17(15)21-22(16)6/h7-9,12,14-17,21H,10-11H2,1-6H3/b8-7-,13-9+,20-12?. The van der Waals surface area contributed by atoms with Crippen molar-refractivity contribution in [2.75, 3.05) is 14.1 Å². The molecular formula is C19H31N3. The molecule has 3 aliphatic rings. The fourth-order valence-corrected chi connectivity index (χ4v) is 5.69. The van der Waals surface area contributed by atoms with Gasteiger partial charge in [0.05, 0.1) is 0 Å². The second-order valence-electron chi connectivity index (χ2n) is 8.23. The van der Waals surface area contributed by atoms with Crippen LogP contribution in [0.2, 0.25) is 0 Å². The molecule has 0 aromatic rings. The van der Waals surface area contributed by atoms with Crippen LogP contribution < -0.4 is 5.43 Å². The highest BCUT2D eigenvalue weighted by molar-refractivity contribution is 5.71. The molecule has 5 unspecified atom stereocenters. The minimum Gasteiger partial charge on any atom is -0.297 e. The van der Waals surface area contributed by atoms with Gasteiger partial charge in [0, 0.05) is 38.3 Å².